The minimum Gasteiger partial charge on any atom is -0.341 e. The molecule has 0 saturated heterocycles. The summed E-state index contributed by atoms with van der Waals surface area (Å²) in [6.45, 7) is 1.96. The number of hydrogen-bond acceptors (Lipinski definition) is 4. The first kappa shape index (κ1) is 15.2. The van der Waals surface area contributed by atoms with E-state index in [4.69, 9.17) is 11.6 Å². The van der Waals surface area contributed by atoms with Crippen LogP contribution in [0.25, 0.3) is 5.69 Å². The van der Waals surface area contributed by atoms with Crippen molar-refractivity contribution in [2.45, 2.75) is 19.4 Å². The molecule has 23 heavy (non-hydrogen) atoms. The third-order valence-electron chi connectivity index (χ3n) is 3.37. The quantitative estimate of drug-likeness (QED) is 0.752. The van der Waals surface area contributed by atoms with E-state index in [0.29, 0.717) is 23.0 Å². The van der Waals surface area contributed by atoms with E-state index in [-0.39, 0.29) is 11.9 Å². The highest BCUT2D eigenvalue weighted by Crippen LogP contribution is 2.15. The van der Waals surface area contributed by atoms with E-state index >= 15 is 0 Å². The lowest BCUT2D eigenvalue weighted by atomic mass is 10.2. The van der Waals surface area contributed by atoms with Crippen molar-refractivity contribution in [2.24, 2.45) is 0 Å². The molecule has 0 aliphatic carbocycles. The van der Waals surface area contributed by atoms with Crippen LogP contribution in [0.1, 0.15) is 35.7 Å². The number of carbonyl (C=O) groups is 1. The zero-order valence-electron chi connectivity index (χ0n) is 12.4. The Bertz CT molecular complexity index is 798. The van der Waals surface area contributed by atoms with Crippen LogP contribution in [0.5, 0.6) is 0 Å². The molecule has 0 bridgehead atoms. The average Bonchev–Trinajstić information content (AvgIpc) is 3.23. The number of H-pyrrole nitrogens is 1. The van der Waals surface area contributed by atoms with Crippen molar-refractivity contribution in [1.82, 2.24) is 30.3 Å². The molecule has 0 saturated carbocycles. The Morgan fingerprint density at radius 2 is 2.30 bits per heavy atom. The molecule has 2 N–H and O–H groups in total. The molecule has 0 aliphatic heterocycles. The summed E-state index contributed by atoms with van der Waals surface area (Å²) in [5.41, 5.74) is 1.11. The third kappa shape index (κ3) is 3.40. The van der Waals surface area contributed by atoms with Gasteiger partial charge in [0.15, 0.2) is 5.69 Å². The minimum absolute atomic E-state index is 0.235. The highest BCUT2D eigenvalue weighted by Gasteiger charge is 2.18. The first-order valence-electron chi connectivity index (χ1n) is 7.15. The summed E-state index contributed by atoms with van der Waals surface area (Å²) in [4.78, 5) is 16.4. The van der Waals surface area contributed by atoms with E-state index in [1.165, 1.54) is 6.33 Å². The molecule has 0 spiro atoms. The van der Waals surface area contributed by atoms with Gasteiger partial charge in [-0.15, -0.1) is 0 Å². The van der Waals surface area contributed by atoms with Gasteiger partial charge in [-0.3, -0.25) is 9.89 Å². The van der Waals surface area contributed by atoms with Crippen molar-refractivity contribution in [3.8, 4) is 5.69 Å². The van der Waals surface area contributed by atoms with Crippen LogP contribution in [0.3, 0.4) is 0 Å². The molecule has 1 aromatic carbocycles. The maximum Gasteiger partial charge on any atom is 0.272 e. The predicted octanol–water partition coefficient (Wildman–Crippen LogP) is 2.52. The Morgan fingerprint density at radius 1 is 1.43 bits per heavy atom. The van der Waals surface area contributed by atoms with E-state index in [0.717, 1.165) is 5.69 Å². The van der Waals surface area contributed by atoms with Crippen molar-refractivity contribution in [1.29, 1.82) is 0 Å². The van der Waals surface area contributed by atoms with Crippen molar-refractivity contribution in [3.05, 3.63) is 59.4 Å². The number of rotatable bonds is 5. The summed E-state index contributed by atoms with van der Waals surface area (Å²) in [7, 11) is 0. The number of benzene rings is 1. The van der Waals surface area contributed by atoms with Crippen molar-refractivity contribution in [3.63, 3.8) is 0 Å². The van der Waals surface area contributed by atoms with Gasteiger partial charge in [-0.25, -0.2) is 9.67 Å². The van der Waals surface area contributed by atoms with Crippen LogP contribution in [0.4, 0.5) is 0 Å². The molecule has 0 fully saturated rings. The van der Waals surface area contributed by atoms with Gasteiger partial charge in [-0.05, 0) is 30.7 Å². The molecule has 1 amide bonds. The fourth-order valence-corrected chi connectivity index (χ4v) is 2.37. The average molecular weight is 331 g/mol. The normalized spacial score (nSPS) is 12.1. The van der Waals surface area contributed by atoms with E-state index in [1.54, 1.807) is 29.1 Å². The van der Waals surface area contributed by atoms with E-state index in [2.05, 4.69) is 25.6 Å². The number of halogens is 1. The fraction of sp³-hybridized carbons (Fsp3) is 0.200. The van der Waals surface area contributed by atoms with Gasteiger partial charge in [0.05, 0.1) is 11.7 Å². The van der Waals surface area contributed by atoms with Crippen molar-refractivity contribution in [2.75, 3.05) is 0 Å². The lowest BCUT2D eigenvalue weighted by molar-refractivity contribution is 0.0928. The molecule has 3 rings (SSSR count). The second kappa shape index (κ2) is 6.62. The van der Waals surface area contributed by atoms with Crippen LogP contribution in [-0.2, 0) is 0 Å². The second-order valence-electron chi connectivity index (χ2n) is 4.93. The highest BCUT2D eigenvalue weighted by molar-refractivity contribution is 6.30. The fourth-order valence-electron chi connectivity index (χ4n) is 2.19. The van der Waals surface area contributed by atoms with Crippen LogP contribution in [0.15, 0.2) is 42.9 Å². The van der Waals surface area contributed by atoms with Gasteiger partial charge in [-0.1, -0.05) is 24.6 Å². The highest BCUT2D eigenvalue weighted by atomic mass is 35.5. The van der Waals surface area contributed by atoms with Crippen LogP contribution in [0, 0.1) is 0 Å². The standard InChI is InChI=1S/C15H15ClN6O/c1-2-12(14-17-9-18-20-14)19-15(23)13-6-7-22(21-13)11-5-3-4-10(16)8-11/h3-9,12H,2H2,1H3,(H,19,23)(H,17,18,20). The number of carbonyl (C=O) groups excluding carboxylic acids is 1. The van der Waals surface area contributed by atoms with Gasteiger partial charge in [0.25, 0.3) is 5.91 Å². The molecule has 8 heteroatoms. The SMILES string of the molecule is CCC(NC(=O)c1ccn(-c2cccc(Cl)c2)n1)c1ncn[nH]1. The molecule has 118 valence electrons. The number of aromatic nitrogens is 5. The summed E-state index contributed by atoms with van der Waals surface area (Å²) >= 11 is 5.97. The molecule has 7 nitrogen and oxygen atoms in total. The van der Waals surface area contributed by atoms with Crippen LogP contribution in [-0.4, -0.2) is 30.9 Å². The maximum absolute atomic E-state index is 12.3. The van der Waals surface area contributed by atoms with Gasteiger partial charge in [0, 0.05) is 11.2 Å². The lowest BCUT2D eigenvalue weighted by Gasteiger charge is -2.12. The monoisotopic (exact) mass is 330 g/mol. The van der Waals surface area contributed by atoms with Gasteiger partial charge in [0.2, 0.25) is 0 Å². The number of hydrogen-bond donors (Lipinski definition) is 2. The summed E-state index contributed by atoms with van der Waals surface area (Å²) in [5, 5.41) is 14.4. The summed E-state index contributed by atoms with van der Waals surface area (Å²) in [6, 6.07) is 8.68. The number of amides is 1. The van der Waals surface area contributed by atoms with Gasteiger partial charge < -0.3 is 5.32 Å². The molecule has 3 aromatic rings. The summed E-state index contributed by atoms with van der Waals surface area (Å²) in [6.07, 6.45) is 3.82. The number of aromatic amines is 1. The Labute approximate surface area is 137 Å². The van der Waals surface area contributed by atoms with Crippen molar-refractivity contribution < 1.29 is 4.79 Å². The van der Waals surface area contributed by atoms with Crippen LogP contribution in [0.2, 0.25) is 5.02 Å². The Hall–Kier alpha value is -2.67. The molecule has 0 aliphatic rings. The molecule has 0 radical (unpaired) electrons. The summed E-state index contributed by atoms with van der Waals surface area (Å²) in [5.74, 6) is 0.351. The zero-order chi connectivity index (χ0) is 16.2. The lowest BCUT2D eigenvalue weighted by Crippen LogP contribution is -2.29. The van der Waals surface area contributed by atoms with E-state index in [9.17, 15) is 4.79 Å². The molecular formula is C15H15ClN6O. The largest absolute Gasteiger partial charge is 0.341 e. The first-order valence-corrected chi connectivity index (χ1v) is 7.53. The summed E-state index contributed by atoms with van der Waals surface area (Å²) < 4.78 is 1.61. The minimum atomic E-state index is -0.269. The zero-order valence-corrected chi connectivity index (χ0v) is 13.2. The third-order valence-corrected chi connectivity index (χ3v) is 3.61. The molecule has 2 aromatic heterocycles. The smallest absolute Gasteiger partial charge is 0.272 e. The Morgan fingerprint density at radius 3 is 3.00 bits per heavy atom. The van der Waals surface area contributed by atoms with Gasteiger partial charge in [-0.2, -0.15) is 10.2 Å². The number of nitrogens with zero attached hydrogens (tertiary/aromatic N) is 4. The van der Waals surface area contributed by atoms with E-state index < -0.39 is 0 Å². The van der Waals surface area contributed by atoms with Gasteiger partial charge in [0.1, 0.15) is 12.2 Å². The molecule has 1 atom stereocenters. The molecule has 2 heterocycles. The van der Waals surface area contributed by atoms with E-state index in [1.807, 2.05) is 19.1 Å². The van der Waals surface area contributed by atoms with Gasteiger partial charge >= 0.3 is 0 Å². The topological polar surface area (TPSA) is 88.5 Å². The molecular weight excluding hydrogens is 316 g/mol. The van der Waals surface area contributed by atoms with Crippen molar-refractivity contribution >= 4 is 17.5 Å². The van der Waals surface area contributed by atoms with Crippen LogP contribution >= 0.6 is 11.6 Å². The maximum atomic E-state index is 12.3. The number of nitrogens with one attached hydrogen (secondary N) is 2. The second-order valence-corrected chi connectivity index (χ2v) is 5.37. The molecule has 1 unspecified atom stereocenters. The van der Waals surface area contributed by atoms with Crippen LogP contribution < -0.4 is 5.32 Å². The first-order chi connectivity index (χ1) is 11.2. The Kier molecular flexibility index (Phi) is 4.38. The predicted molar refractivity (Wildman–Crippen MR) is 85.5 cm³/mol. The Balaban J connectivity index is 1.76.